The molecular weight excluding hydrogens is 286 g/mol. The van der Waals surface area contributed by atoms with Crippen molar-refractivity contribution in [3.63, 3.8) is 0 Å². The third kappa shape index (κ3) is 3.59. The van der Waals surface area contributed by atoms with Gasteiger partial charge in [0.15, 0.2) is 0 Å². The van der Waals surface area contributed by atoms with Gasteiger partial charge < -0.3 is 5.32 Å². The molecule has 1 N–H and O–H groups in total. The lowest BCUT2D eigenvalue weighted by Gasteiger charge is -2.48. The predicted molar refractivity (Wildman–Crippen MR) is 93.2 cm³/mol. The van der Waals surface area contributed by atoms with Crippen molar-refractivity contribution in [2.75, 3.05) is 33.2 Å². The van der Waals surface area contributed by atoms with Gasteiger partial charge in [-0.25, -0.2) is 0 Å². The van der Waals surface area contributed by atoms with Gasteiger partial charge >= 0.3 is 0 Å². The first-order chi connectivity index (χ1) is 11.2. The smallest absolute Gasteiger partial charge is 0.240 e. The van der Waals surface area contributed by atoms with Crippen LogP contribution in [0.5, 0.6) is 0 Å². The molecule has 2 aliphatic heterocycles. The molecule has 3 rings (SSSR count). The first kappa shape index (κ1) is 16.5. The molecular formula is C19H29N3O. The van der Waals surface area contributed by atoms with Crippen LogP contribution in [-0.4, -0.2) is 54.5 Å². The number of nitrogens with one attached hydrogen (secondary N) is 1. The molecule has 0 aromatic heterocycles. The van der Waals surface area contributed by atoms with Crippen LogP contribution < -0.4 is 5.32 Å². The highest BCUT2D eigenvalue weighted by Gasteiger charge is 2.45. The summed E-state index contributed by atoms with van der Waals surface area (Å²) in [5, 5.41) is 2.94. The molecule has 0 unspecified atom stereocenters. The van der Waals surface area contributed by atoms with Gasteiger partial charge in [-0.3, -0.25) is 14.6 Å². The van der Waals surface area contributed by atoms with Crippen molar-refractivity contribution >= 4 is 5.91 Å². The first-order valence-electron chi connectivity index (χ1n) is 8.98. The molecule has 0 atom stereocenters. The fourth-order valence-electron chi connectivity index (χ4n) is 4.16. The molecule has 1 aromatic rings. The topological polar surface area (TPSA) is 35.6 Å². The number of nitrogens with zero attached hydrogens (tertiary/aromatic N) is 2. The SMILES string of the molecule is CNC(=O)C1(N2CCCCC2)CCN(Cc2ccccc2)CC1. The Kier molecular flexibility index (Phi) is 5.34. The number of amides is 1. The molecule has 2 fully saturated rings. The Bertz CT molecular complexity index is 503. The summed E-state index contributed by atoms with van der Waals surface area (Å²) in [7, 11) is 1.78. The molecule has 2 aliphatic rings. The molecule has 0 spiro atoms. The fourth-order valence-corrected chi connectivity index (χ4v) is 4.16. The van der Waals surface area contributed by atoms with Gasteiger partial charge in [-0.05, 0) is 44.3 Å². The number of hydrogen-bond donors (Lipinski definition) is 1. The Labute approximate surface area is 139 Å². The van der Waals surface area contributed by atoms with Gasteiger partial charge in [0.1, 0.15) is 5.54 Å². The summed E-state index contributed by atoms with van der Waals surface area (Å²) in [4.78, 5) is 17.6. The normalized spacial score (nSPS) is 22.7. The van der Waals surface area contributed by atoms with E-state index in [4.69, 9.17) is 0 Å². The van der Waals surface area contributed by atoms with Crippen LogP contribution in [0.4, 0.5) is 0 Å². The highest BCUT2D eigenvalue weighted by atomic mass is 16.2. The zero-order valence-electron chi connectivity index (χ0n) is 14.3. The third-order valence-electron chi connectivity index (χ3n) is 5.54. The minimum atomic E-state index is -0.275. The highest BCUT2D eigenvalue weighted by Crippen LogP contribution is 2.32. The summed E-state index contributed by atoms with van der Waals surface area (Å²) in [5.41, 5.74) is 1.08. The number of carbonyl (C=O) groups excluding carboxylic acids is 1. The molecule has 0 bridgehead atoms. The Morgan fingerprint density at radius 1 is 1.04 bits per heavy atom. The van der Waals surface area contributed by atoms with Crippen molar-refractivity contribution < 1.29 is 4.79 Å². The van der Waals surface area contributed by atoms with Crippen molar-refractivity contribution in [1.29, 1.82) is 0 Å². The maximum atomic E-state index is 12.7. The minimum Gasteiger partial charge on any atom is -0.358 e. The zero-order chi connectivity index (χ0) is 16.1. The molecule has 4 nitrogen and oxygen atoms in total. The van der Waals surface area contributed by atoms with Crippen LogP contribution in [0.1, 0.15) is 37.7 Å². The van der Waals surface area contributed by atoms with Crippen LogP contribution in [0.15, 0.2) is 30.3 Å². The van der Waals surface area contributed by atoms with Gasteiger partial charge in [-0.2, -0.15) is 0 Å². The number of carbonyl (C=O) groups is 1. The summed E-state index contributed by atoms with van der Waals surface area (Å²) in [6, 6.07) is 10.6. The van der Waals surface area contributed by atoms with Crippen LogP contribution in [0.2, 0.25) is 0 Å². The van der Waals surface area contributed by atoms with E-state index >= 15 is 0 Å². The average Bonchev–Trinajstić information content (AvgIpc) is 2.63. The number of likely N-dealkylation sites (tertiary alicyclic amines) is 2. The van der Waals surface area contributed by atoms with E-state index < -0.39 is 0 Å². The van der Waals surface area contributed by atoms with Gasteiger partial charge in [-0.15, -0.1) is 0 Å². The summed E-state index contributed by atoms with van der Waals surface area (Å²) in [6.07, 6.45) is 5.65. The van der Waals surface area contributed by atoms with Gasteiger partial charge in [0.25, 0.3) is 0 Å². The number of hydrogen-bond acceptors (Lipinski definition) is 3. The summed E-state index contributed by atoms with van der Waals surface area (Å²) in [5.74, 6) is 0.221. The van der Waals surface area contributed by atoms with E-state index in [9.17, 15) is 4.79 Å². The maximum Gasteiger partial charge on any atom is 0.240 e. The number of benzene rings is 1. The van der Waals surface area contributed by atoms with Crippen molar-refractivity contribution in [2.24, 2.45) is 0 Å². The summed E-state index contributed by atoms with van der Waals surface area (Å²) in [6.45, 7) is 5.14. The second kappa shape index (κ2) is 7.45. The molecule has 4 heteroatoms. The van der Waals surface area contributed by atoms with E-state index in [1.807, 2.05) is 0 Å². The lowest BCUT2D eigenvalue weighted by molar-refractivity contribution is -0.138. The quantitative estimate of drug-likeness (QED) is 0.926. The van der Waals surface area contributed by atoms with E-state index in [-0.39, 0.29) is 11.4 Å². The van der Waals surface area contributed by atoms with Crippen molar-refractivity contribution in [1.82, 2.24) is 15.1 Å². The van der Waals surface area contributed by atoms with Gasteiger partial charge in [0.2, 0.25) is 5.91 Å². The van der Waals surface area contributed by atoms with Crippen LogP contribution in [0.3, 0.4) is 0 Å². The standard InChI is InChI=1S/C19H29N3O/c1-20-18(23)19(22-12-6-3-7-13-22)10-14-21(15-11-19)16-17-8-4-2-5-9-17/h2,4-5,8-9H,3,6-7,10-16H2,1H3,(H,20,23). The molecule has 0 aliphatic carbocycles. The third-order valence-corrected chi connectivity index (χ3v) is 5.54. The second-order valence-electron chi connectivity index (χ2n) is 6.92. The molecule has 2 heterocycles. The molecule has 1 aromatic carbocycles. The fraction of sp³-hybridized carbons (Fsp3) is 0.632. The van der Waals surface area contributed by atoms with Crippen LogP contribution in [0.25, 0.3) is 0 Å². The maximum absolute atomic E-state index is 12.7. The first-order valence-corrected chi connectivity index (χ1v) is 8.98. The van der Waals surface area contributed by atoms with Gasteiger partial charge in [-0.1, -0.05) is 36.8 Å². The monoisotopic (exact) mass is 315 g/mol. The number of rotatable bonds is 4. The zero-order valence-corrected chi connectivity index (χ0v) is 14.3. The molecule has 23 heavy (non-hydrogen) atoms. The highest BCUT2D eigenvalue weighted by molar-refractivity contribution is 5.86. The van der Waals surface area contributed by atoms with Crippen molar-refractivity contribution in [3.05, 3.63) is 35.9 Å². The second-order valence-corrected chi connectivity index (χ2v) is 6.92. The predicted octanol–water partition coefficient (Wildman–Crippen LogP) is 2.25. The lowest BCUT2D eigenvalue weighted by Crippen LogP contribution is -2.63. The van der Waals surface area contributed by atoms with Crippen molar-refractivity contribution in [2.45, 2.75) is 44.2 Å². The Morgan fingerprint density at radius 3 is 2.30 bits per heavy atom. The van der Waals surface area contributed by atoms with Crippen LogP contribution >= 0.6 is 0 Å². The molecule has 126 valence electrons. The van der Waals surface area contributed by atoms with Crippen molar-refractivity contribution in [3.8, 4) is 0 Å². The van der Waals surface area contributed by atoms with Crippen LogP contribution in [-0.2, 0) is 11.3 Å². The Balaban J connectivity index is 1.66. The largest absolute Gasteiger partial charge is 0.358 e. The average molecular weight is 315 g/mol. The summed E-state index contributed by atoms with van der Waals surface area (Å²) < 4.78 is 0. The minimum absolute atomic E-state index is 0.221. The lowest BCUT2D eigenvalue weighted by atomic mass is 9.83. The van der Waals surface area contributed by atoms with E-state index in [0.29, 0.717) is 0 Å². The van der Waals surface area contributed by atoms with Gasteiger partial charge in [0.05, 0.1) is 0 Å². The summed E-state index contributed by atoms with van der Waals surface area (Å²) >= 11 is 0. The molecule has 2 saturated heterocycles. The van der Waals surface area contributed by atoms with E-state index in [2.05, 4.69) is 45.4 Å². The van der Waals surface area contributed by atoms with E-state index in [1.54, 1.807) is 7.05 Å². The molecule has 0 radical (unpaired) electrons. The van der Waals surface area contributed by atoms with Gasteiger partial charge in [0, 0.05) is 26.7 Å². The van der Waals surface area contributed by atoms with E-state index in [0.717, 1.165) is 45.6 Å². The Hall–Kier alpha value is -1.39. The van der Waals surface area contributed by atoms with E-state index in [1.165, 1.54) is 24.8 Å². The number of piperidine rings is 2. The molecule has 1 amide bonds. The Morgan fingerprint density at radius 2 is 1.70 bits per heavy atom. The number of likely N-dealkylation sites (N-methyl/N-ethyl adjacent to an activating group) is 1. The van der Waals surface area contributed by atoms with Crippen LogP contribution in [0, 0.1) is 0 Å². The molecule has 0 saturated carbocycles.